The molecule has 1 aromatic heterocycles. The van der Waals surface area contributed by atoms with Crippen LogP contribution in [0.3, 0.4) is 0 Å². The van der Waals surface area contributed by atoms with E-state index in [-0.39, 0.29) is 11.4 Å². The van der Waals surface area contributed by atoms with Crippen LogP contribution in [0.2, 0.25) is 0 Å². The Kier molecular flexibility index (Phi) is 5.31. The van der Waals surface area contributed by atoms with Crippen LogP contribution in [0, 0.1) is 0 Å². The largest absolute Gasteiger partial charge is 0.356 e. The molecule has 3 aromatic rings. The van der Waals surface area contributed by atoms with Gasteiger partial charge in [-0.3, -0.25) is 0 Å². The summed E-state index contributed by atoms with van der Waals surface area (Å²) in [5.74, 6) is 0.675. The lowest BCUT2D eigenvalue weighted by molar-refractivity contribution is 0.423. The molecule has 0 amide bonds. The first kappa shape index (κ1) is 17.4. The van der Waals surface area contributed by atoms with Crippen LogP contribution < -0.4 is 4.72 Å². The van der Waals surface area contributed by atoms with Gasteiger partial charge in [-0.2, -0.15) is 0 Å². The van der Waals surface area contributed by atoms with Crippen molar-refractivity contribution < 1.29 is 12.9 Å². The molecule has 0 saturated heterocycles. The lowest BCUT2D eigenvalue weighted by atomic mass is 10.1. The summed E-state index contributed by atoms with van der Waals surface area (Å²) < 4.78 is 32.5. The second-order valence-electron chi connectivity index (χ2n) is 5.69. The van der Waals surface area contributed by atoms with E-state index in [1.165, 1.54) is 0 Å². The minimum absolute atomic E-state index is 0.263. The van der Waals surface area contributed by atoms with Crippen LogP contribution in [-0.4, -0.2) is 20.1 Å². The van der Waals surface area contributed by atoms with Gasteiger partial charge in [-0.1, -0.05) is 54.5 Å². The van der Waals surface area contributed by atoms with Gasteiger partial charge in [0.15, 0.2) is 5.76 Å². The lowest BCUT2D eigenvalue weighted by Gasteiger charge is -2.06. The summed E-state index contributed by atoms with van der Waals surface area (Å²) in [5, 5.41) is 4.00. The maximum absolute atomic E-state index is 12.3. The molecule has 25 heavy (non-hydrogen) atoms. The summed E-state index contributed by atoms with van der Waals surface area (Å²) in [7, 11) is -3.51. The van der Waals surface area contributed by atoms with Crippen LogP contribution in [0.25, 0.3) is 11.3 Å². The molecule has 1 N–H and O–H groups in total. The summed E-state index contributed by atoms with van der Waals surface area (Å²) in [6.07, 6.45) is 1.34. The van der Waals surface area contributed by atoms with Crippen molar-refractivity contribution in [3.63, 3.8) is 0 Å². The number of nitrogens with one attached hydrogen (secondary N) is 1. The molecular formula is C19H20N2O3S. The Morgan fingerprint density at radius 1 is 1.04 bits per heavy atom. The average molecular weight is 356 g/mol. The fourth-order valence-electron chi connectivity index (χ4n) is 2.47. The molecule has 0 radical (unpaired) electrons. The Hall–Kier alpha value is -2.44. The van der Waals surface area contributed by atoms with Crippen LogP contribution in [0.1, 0.15) is 18.2 Å². The number of hydrogen-bond donors (Lipinski definition) is 1. The monoisotopic (exact) mass is 356 g/mol. The fourth-order valence-corrected chi connectivity index (χ4v) is 3.50. The number of benzene rings is 2. The minimum Gasteiger partial charge on any atom is -0.356 e. The maximum Gasteiger partial charge on any atom is 0.240 e. The third-order valence-corrected chi connectivity index (χ3v) is 5.41. The van der Waals surface area contributed by atoms with Crippen molar-refractivity contribution in [1.29, 1.82) is 0 Å². The molecule has 0 bridgehead atoms. The number of hydrogen-bond acceptors (Lipinski definition) is 4. The average Bonchev–Trinajstić information content (AvgIpc) is 3.11. The van der Waals surface area contributed by atoms with E-state index in [1.807, 2.05) is 55.5 Å². The summed E-state index contributed by atoms with van der Waals surface area (Å²) in [6.45, 7) is 2.29. The molecule has 0 aliphatic heterocycles. The van der Waals surface area contributed by atoms with Crippen molar-refractivity contribution in [3.8, 4) is 11.3 Å². The zero-order valence-electron chi connectivity index (χ0n) is 14.0. The van der Waals surface area contributed by atoms with E-state index in [9.17, 15) is 8.42 Å². The highest BCUT2D eigenvalue weighted by Crippen LogP contribution is 2.19. The van der Waals surface area contributed by atoms with Gasteiger partial charge in [-0.05, 0) is 24.1 Å². The fraction of sp³-hybridized carbons (Fsp3) is 0.211. The van der Waals surface area contributed by atoms with Gasteiger partial charge < -0.3 is 4.52 Å². The zero-order valence-corrected chi connectivity index (χ0v) is 14.8. The molecule has 0 fully saturated rings. The first-order chi connectivity index (χ1) is 12.1. The van der Waals surface area contributed by atoms with Crippen molar-refractivity contribution in [2.75, 3.05) is 6.54 Å². The van der Waals surface area contributed by atoms with Crippen molar-refractivity contribution in [3.05, 3.63) is 71.9 Å². The molecule has 0 saturated carbocycles. The minimum atomic E-state index is -3.51. The van der Waals surface area contributed by atoms with E-state index in [0.717, 1.165) is 17.5 Å². The van der Waals surface area contributed by atoms with E-state index in [4.69, 9.17) is 4.52 Å². The van der Waals surface area contributed by atoms with Crippen LogP contribution in [0.15, 0.2) is 70.1 Å². The van der Waals surface area contributed by atoms with Crippen molar-refractivity contribution in [2.24, 2.45) is 0 Å². The van der Waals surface area contributed by atoms with Crippen molar-refractivity contribution in [1.82, 2.24) is 9.88 Å². The molecule has 3 rings (SSSR count). The summed E-state index contributed by atoms with van der Waals surface area (Å²) in [4.78, 5) is 0.273. The summed E-state index contributed by atoms with van der Waals surface area (Å²) in [6, 6.07) is 18.4. The van der Waals surface area contributed by atoms with Gasteiger partial charge in [-0.15, -0.1) is 0 Å². The van der Waals surface area contributed by atoms with E-state index >= 15 is 0 Å². The normalized spacial score (nSPS) is 11.6. The molecule has 0 atom stereocenters. The Morgan fingerprint density at radius 3 is 2.44 bits per heavy atom. The summed E-state index contributed by atoms with van der Waals surface area (Å²) in [5.41, 5.74) is 2.76. The smallest absolute Gasteiger partial charge is 0.240 e. The van der Waals surface area contributed by atoms with Gasteiger partial charge in [0.2, 0.25) is 10.0 Å². The zero-order chi connectivity index (χ0) is 17.7. The highest BCUT2D eigenvalue weighted by molar-refractivity contribution is 7.89. The van der Waals surface area contributed by atoms with Crippen LogP contribution in [-0.2, 0) is 22.9 Å². The predicted octanol–water partition coefficient (Wildman–Crippen LogP) is 3.43. The van der Waals surface area contributed by atoms with Gasteiger partial charge in [0.05, 0.1) is 10.6 Å². The van der Waals surface area contributed by atoms with Gasteiger partial charge in [0.1, 0.15) is 0 Å². The second-order valence-corrected chi connectivity index (χ2v) is 7.46. The number of nitrogens with zero attached hydrogens (tertiary/aromatic N) is 1. The Bertz CT molecular complexity index is 917. The quantitative estimate of drug-likeness (QED) is 0.704. The van der Waals surface area contributed by atoms with Gasteiger partial charge in [0.25, 0.3) is 0 Å². The van der Waals surface area contributed by atoms with Gasteiger partial charge in [-0.25, -0.2) is 13.1 Å². The third-order valence-electron chi connectivity index (χ3n) is 3.93. The van der Waals surface area contributed by atoms with E-state index < -0.39 is 10.0 Å². The first-order valence-electron chi connectivity index (χ1n) is 8.18. The molecule has 6 heteroatoms. The molecule has 130 valence electrons. The lowest BCUT2D eigenvalue weighted by Crippen LogP contribution is -2.26. The molecule has 0 aliphatic rings. The van der Waals surface area contributed by atoms with Crippen molar-refractivity contribution in [2.45, 2.75) is 24.7 Å². The van der Waals surface area contributed by atoms with Crippen LogP contribution in [0.4, 0.5) is 0 Å². The molecule has 2 aromatic carbocycles. The molecule has 0 spiro atoms. The van der Waals surface area contributed by atoms with Gasteiger partial charge >= 0.3 is 0 Å². The standard InChI is InChI=1S/C19H20N2O3S/c1-2-15-8-10-18(11-9-15)25(22,23)20-13-12-17-14-19(24-21-17)16-6-4-3-5-7-16/h3-11,14,20H,2,12-13H2,1H3. The molecular weight excluding hydrogens is 336 g/mol. The van der Waals surface area contributed by atoms with Crippen LogP contribution in [0.5, 0.6) is 0 Å². The maximum atomic E-state index is 12.3. The van der Waals surface area contributed by atoms with Crippen LogP contribution >= 0.6 is 0 Å². The van der Waals surface area contributed by atoms with E-state index in [2.05, 4.69) is 9.88 Å². The topological polar surface area (TPSA) is 72.2 Å². The number of sulfonamides is 1. The number of rotatable bonds is 7. The molecule has 0 unspecified atom stereocenters. The Labute approximate surface area is 147 Å². The van der Waals surface area contributed by atoms with Gasteiger partial charge in [0, 0.05) is 24.6 Å². The number of aryl methyl sites for hydroxylation is 1. The number of aromatic nitrogens is 1. The molecule has 5 nitrogen and oxygen atoms in total. The SMILES string of the molecule is CCc1ccc(S(=O)(=O)NCCc2cc(-c3ccccc3)on2)cc1. The Balaban J connectivity index is 1.59. The Morgan fingerprint density at radius 2 is 1.76 bits per heavy atom. The summed E-state index contributed by atoms with van der Waals surface area (Å²) >= 11 is 0. The van der Waals surface area contributed by atoms with E-state index in [0.29, 0.717) is 17.9 Å². The second kappa shape index (κ2) is 7.63. The predicted molar refractivity (Wildman–Crippen MR) is 96.7 cm³/mol. The molecule has 1 heterocycles. The highest BCUT2D eigenvalue weighted by atomic mass is 32.2. The van der Waals surface area contributed by atoms with Crippen molar-refractivity contribution >= 4 is 10.0 Å². The molecule has 0 aliphatic carbocycles. The first-order valence-corrected chi connectivity index (χ1v) is 9.66. The highest BCUT2D eigenvalue weighted by Gasteiger charge is 2.14. The van der Waals surface area contributed by atoms with E-state index in [1.54, 1.807) is 12.1 Å². The third kappa shape index (κ3) is 4.35.